The average molecular weight is 260 g/mol. The van der Waals surface area contributed by atoms with Gasteiger partial charge in [0.25, 0.3) is 0 Å². The molecule has 1 aromatic rings. The number of aliphatic imine (C=N–C) groups is 1. The van der Waals surface area contributed by atoms with Crippen LogP contribution in [-0.4, -0.2) is 40.8 Å². The molecule has 100 valence electrons. The summed E-state index contributed by atoms with van der Waals surface area (Å²) >= 11 is 0. The zero-order chi connectivity index (χ0) is 13.7. The minimum atomic E-state index is -0.908. The molecule has 0 saturated carbocycles. The highest BCUT2D eigenvalue weighted by Crippen LogP contribution is 2.23. The van der Waals surface area contributed by atoms with Crippen LogP contribution in [0.3, 0.4) is 0 Å². The first kappa shape index (κ1) is 13.3. The Kier molecular flexibility index (Phi) is 4.31. The number of likely N-dealkylation sites (tertiary alicyclic amines) is 1. The Morgan fingerprint density at radius 1 is 1.42 bits per heavy atom. The Balaban J connectivity index is 2.11. The quantitative estimate of drug-likeness (QED) is 0.668. The van der Waals surface area contributed by atoms with Crippen molar-refractivity contribution in [2.45, 2.75) is 31.3 Å². The highest BCUT2D eigenvalue weighted by molar-refractivity contribution is 5.65. The number of hydrogen-bond donors (Lipinski definition) is 1. The predicted octanol–water partition coefficient (Wildman–Crippen LogP) is 2.08. The summed E-state index contributed by atoms with van der Waals surface area (Å²) in [6, 6.07) is 9.52. The fraction of sp³-hybridized carbons (Fsp3) is 0.429. The molecular weight excluding hydrogens is 244 g/mol. The van der Waals surface area contributed by atoms with Crippen molar-refractivity contribution in [3.8, 4) is 0 Å². The molecule has 1 aromatic carbocycles. The molecule has 0 spiro atoms. The third kappa shape index (κ3) is 3.42. The molecule has 1 saturated heterocycles. The maximum Gasteiger partial charge on any atom is 0.407 e. The summed E-state index contributed by atoms with van der Waals surface area (Å²) in [4.78, 5) is 26.8. The smallest absolute Gasteiger partial charge is 0.407 e. The minimum absolute atomic E-state index is 0.109. The van der Waals surface area contributed by atoms with Crippen LogP contribution in [0.25, 0.3) is 0 Å². The van der Waals surface area contributed by atoms with Gasteiger partial charge in [0.1, 0.15) is 0 Å². The van der Waals surface area contributed by atoms with Crippen molar-refractivity contribution in [1.29, 1.82) is 0 Å². The van der Waals surface area contributed by atoms with Crippen molar-refractivity contribution >= 4 is 12.2 Å². The summed E-state index contributed by atoms with van der Waals surface area (Å²) in [5.74, 6) is 0. The van der Waals surface area contributed by atoms with Gasteiger partial charge in [0.15, 0.2) is 0 Å². The number of carbonyl (C=O) groups excluding carboxylic acids is 1. The number of amides is 1. The van der Waals surface area contributed by atoms with Gasteiger partial charge in [-0.15, -0.1) is 0 Å². The molecule has 1 heterocycles. The maximum absolute atomic E-state index is 11.2. The van der Waals surface area contributed by atoms with E-state index in [2.05, 4.69) is 4.99 Å². The number of rotatable bonds is 3. The Hall–Kier alpha value is -2.13. The van der Waals surface area contributed by atoms with Crippen molar-refractivity contribution in [3.05, 3.63) is 35.9 Å². The molecule has 2 rings (SSSR count). The van der Waals surface area contributed by atoms with E-state index in [1.165, 1.54) is 4.90 Å². The second-order valence-corrected chi connectivity index (χ2v) is 4.72. The molecule has 0 radical (unpaired) electrons. The van der Waals surface area contributed by atoms with E-state index in [0.29, 0.717) is 25.8 Å². The monoisotopic (exact) mass is 260 g/mol. The Labute approximate surface area is 111 Å². The lowest BCUT2D eigenvalue weighted by atomic mass is 9.93. The third-order valence-electron chi connectivity index (χ3n) is 3.48. The van der Waals surface area contributed by atoms with Gasteiger partial charge in [-0.2, -0.15) is 0 Å². The standard InChI is InChI=1S/C14H16N2O3/c17-10-15-12-6-7-16(14(18)19)13(9-12)8-11-4-2-1-3-5-11/h1-5,12-13H,6-9H2,(H,18,19). The van der Waals surface area contributed by atoms with Crippen LogP contribution in [0.5, 0.6) is 0 Å². The summed E-state index contributed by atoms with van der Waals surface area (Å²) in [6.45, 7) is 0.419. The lowest BCUT2D eigenvalue weighted by Crippen LogP contribution is -2.47. The Morgan fingerprint density at radius 3 is 2.79 bits per heavy atom. The highest BCUT2D eigenvalue weighted by Gasteiger charge is 2.31. The van der Waals surface area contributed by atoms with Crippen LogP contribution >= 0.6 is 0 Å². The van der Waals surface area contributed by atoms with E-state index >= 15 is 0 Å². The number of carbonyl (C=O) groups is 1. The van der Waals surface area contributed by atoms with Crippen LogP contribution in [0.1, 0.15) is 18.4 Å². The van der Waals surface area contributed by atoms with Gasteiger partial charge in [0.2, 0.25) is 6.08 Å². The molecule has 0 aliphatic carbocycles. The zero-order valence-corrected chi connectivity index (χ0v) is 10.5. The van der Waals surface area contributed by atoms with E-state index in [4.69, 9.17) is 0 Å². The third-order valence-corrected chi connectivity index (χ3v) is 3.48. The van der Waals surface area contributed by atoms with E-state index in [1.807, 2.05) is 30.3 Å². The van der Waals surface area contributed by atoms with Crippen molar-refractivity contribution < 1.29 is 14.7 Å². The number of carboxylic acid groups (broad SMARTS) is 1. The molecule has 0 bridgehead atoms. The first-order chi connectivity index (χ1) is 9.20. The van der Waals surface area contributed by atoms with Crippen LogP contribution in [0.4, 0.5) is 4.79 Å². The van der Waals surface area contributed by atoms with Crippen molar-refractivity contribution in [2.24, 2.45) is 4.99 Å². The number of piperidine rings is 1. The molecule has 5 heteroatoms. The van der Waals surface area contributed by atoms with Gasteiger partial charge >= 0.3 is 6.09 Å². The van der Waals surface area contributed by atoms with Crippen LogP contribution in [0, 0.1) is 0 Å². The van der Waals surface area contributed by atoms with Gasteiger partial charge in [-0.1, -0.05) is 30.3 Å². The largest absolute Gasteiger partial charge is 0.465 e. The summed E-state index contributed by atoms with van der Waals surface area (Å²) < 4.78 is 0. The lowest BCUT2D eigenvalue weighted by molar-refractivity contribution is 0.102. The minimum Gasteiger partial charge on any atom is -0.465 e. The normalized spacial score (nSPS) is 22.6. The van der Waals surface area contributed by atoms with Crippen molar-refractivity contribution in [3.63, 3.8) is 0 Å². The predicted molar refractivity (Wildman–Crippen MR) is 69.8 cm³/mol. The molecule has 1 aliphatic heterocycles. The van der Waals surface area contributed by atoms with Crippen molar-refractivity contribution in [1.82, 2.24) is 4.90 Å². The van der Waals surface area contributed by atoms with Gasteiger partial charge in [-0.05, 0) is 24.8 Å². The van der Waals surface area contributed by atoms with Crippen molar-refractivity contribution in [2.75, 3.05) is 6.54 Å². The molecule has 1 aliphatic rings. The molecule has 1 amide bonds. The van der Waals surface area contributed by atoms with Gasteiger partial charge in [0.05, 0.1) is 6.04 Å². The molecule has 2 unspecified atom stereocenters. The molecule has 1 N–H and O–H groups in total. The fourth-order valence-corrected chi connectivity index (χ4v) is 2.55. The first-order valence-corrected chi connectivity index (χ1v) is 6.31. The van der Waals surface area contributed by atoms with Crippen LogP contribution in [0.2, 0.25) is 0 Å². The van der Waals surface area contributed by atoms with Crippen LogP contribution in [0.15, 0.2) is 35.3 Å². The number of hydrogen-bond acceptors (Lipinski definition) is 3. The fourth-order valence-electron chi connectivity index (χ4n) is 2.55. The SMILES string of the molecule is O=C=NC1CCN(C(=O)O)C(Cc2ccccc2)C1. The van der Waals surface area contributed by atoms with Gasteiger partial charge in [0, 0.05) is 12.6 Å². The van der Waals surface area contributed by atoms with E-state index in [1.54, 1.807) is 6.08 Å². The second kappa shape index (κ2) is 6.16. The van der Waals surface area contributed by atoms with Crippen LogP contribution < -0.4 is 0 Å². The van der Waals surface area contributed by atoms with Crippen LogP contribution in [-0.2, 0) is 11.2 Å². The Bertz CT molecular complexity index is 483. The Morgan fingerprint density at radius 2 is 2.16 bits per heavy atom. The molecule has 1 fully saturated rings. The lowest BCUT2D eigenvalue weighted by Gasteiger charge is -2.36. The summed E-state index contributed by atoms with van der Waals surface area (Å²) in [6.07, 6.45) is 2.49. The highest BCUT2D eigenvalue weighted by atomic mass is 16.4. The maximum atomic E-state index is 11.2. The molecule has 19 heavy (non-hydrogen) atoms. The van der Waals surface area contributed by atoms with Gasteiger partial charge < -0.3 is 10.0 Å². The van der Waals surface area contributed by atoms with Gasteiger partial charge in [-0.25, -0.2) is 14.6 Å². The molecular formula is C14H16N2O3. The average Bonchev–Trinajstić information content (AvgIpc) is 2.40. The van der Waals surface area contributed by atoms with E-state index in [0.717, 1.165) is 5.56 Å². The van der Waals surface area contributed by atoms with E-state index in [-0.39, 0.29) is 12.1 Å². The zero-order valence-electron chi connectivity index (χ0n) is 10.5. The van der Waals surface area contributed by atoms with E-state index < -0.39 is 6.09 Å². The molecule has 5 nitrogen and oxygen atoms in total. The van der Waals surface area contributed by atoms with E-state index in [9.17, 15) is 14.7 Å². The second-order valence-electron chi connectivity index (χ2n) is 4.72. The summed E-state index contributed by atoms with van der Waals surface area (Å²) in [7, 11) is 0. The summed E-state index contributed by atoms with van der Waals surface area (Å²) in [5, 5.41) is 9.22. The van der Waals surface area contributed by atoms with Gasteiger partial charge in [-0.3, -0.25) is 0 Å². The molecule has 2 atom stereocenters. The first-order valence-electron chi connectivity index (χ1n) is 6.31. The topological polar surface area (TPSA) is 70.0 Å². The molecule has 0 aromatic heterocycles. The number of nitrogens with zero attached hydrogens (tertiary/aromatic N) is 2. The number of isocyanates is 1. The number of benzene rings is 1. The summed E-state index contributed by atoms with van der Waals surface area (Å²) in [5.41, 5.74) is 1.09.